The molecular formula is C16H26Cl2N2O3. The molecule has 132 valence electrons. The predicted molar refractivity (Wildman–Crippen MR) is 96.2 cm³/mol. The molecule has 0 aliphatic heterocycles. The molecule has 0 saturated carbocycles. The molecule has 0 bridgehead atoms. The first-order valence-corrected chi connectivity index (χ1v) is 7.67. The first-order valence-electron chi connectivity index (χ1n) is 7.29. The quantitative estimate of drug-likeness (QED) is 0.806. The van der Waals surface area contributed by atoms with E-state index in [2.05, 4.69) is 0 Å². The molecule has 0 aromatic heterocycles. The minimum atomic E-state index is -0.159. The van der Waals surface area contributed by atoms with E-state index in [0.29, 0.717) is 41.2 Å². The van der Waals surface area contributed by atoms with Gasteiger partial charge in [0.15, 0.2) is 11.5 Å². The second-order valence-corrected chi connectivity index (χ2v) is 6.10. The SMILES string of the molecule is COc1cc(C(=O)N(C)C(C)CN)cc(Cl)c1OCC(C)C.Cl. The monoisotopic (exact) mass is 364 g/mol. The lowest BCUT2D eigenvalue weighted by atomic mass is 10.1. The topological polar surface area (TPSA) is 64.8 Å². The van der Waals surface area contributed by atoms with Crippen LogP contribution in [0.4, 0.5) is 0 Å². The summed E-state index contributed by atoms with van der Waals surface area (Å²) in [6, 6.07) is 3.18. The zero-order chi connectivity index (χ0) is 16.9. The summed E-state index contributed by atoms with van der Waals surface area (Å²) in [5, 5.41) is 0.358. The van der Waals surface area contributed by atoms with Crippen LogP contribution in [0.2, 0.25) is 5.02 Å². The number of carbonyl (C=O) groups is 1. The Morgan fingerprint density at radius 2 is 1.96 bits per heavy atom. The van der Waals surface area contributed by atoms with Crippen molar-refractivity contribution in [2.45, 2.75) is 26.8 Å². The van der Waals surface area contributed by atoms with Gasteiger partial charge in [0, 0.05) is 25.2 Å². The smallest absolute Gasteiger partial charge is 0.254 e. The summed E-state index contributed by atoms with van der Waals surface area (Å²) in [5.74, 6) is 1.11. The lowest BCUT2D eigenvalue weighted by Gasteiger charge is -2.24. The van der Waals surface area contributed by atoms with E-state index in [1.165, 1.54) is 7.11 Å². The summed E-state index contributed by atoms with van der Waals surface area (Å²) in [6.45, 7) is 6.88. The van der Waals surface area contributed by atoms with Crippen molar-refractivity contribution < 1.29 is 14.3 Å². The van der Waals surface area contributed by atoms with Gasteiger partial charge in [0.25, 0.3) is 5.91 Å². The summed E-state index contributed by atoms with van der Waals surface area (Å²) in [5.41, 5.74) is 6.05. The second kappa shape index (κ2) is 9.85. The van der Waals surface area contributed by atoms with Gasteiger partial charge < -0.3 is 20.1 Å². The van der Waals surface area contributed by atoms with Crippen molar-refractivity contribution in [1.82, 2.24) is 4.90 Å². The minimum Gasteiger partial charge on any atom is -0.493 e. The Hall–Kier alpha value is -1.17. The number of nitrogens with two attached hydrogens (primary N) is 1. The summed E-state index contributed by atoms with van der Waals surface area (Å²) in [6.07, 6.45) is 0. The fraction of sp³-hybridized carbons (Fsp3) is 0.562. The Bertz CT molecular complexity index is 524. The van der Waals surface area contributed by atoms with Crippen molar-refractivity contribution in [3.05, 3.63) is 22.7 Å². The molecule has 1 amide bonds. The van der Waals surface area contributed by atoms with E-state index in [1.54, 1.807) is 24.1 Å². The van der Waals surface area contributed by atoms with Gasteiger partial charge in [0.1, 0.15) is 0 Å². The van der Waals surface area contributed by atoms with Gasteiger partial charge in [-0.25, -0.2) is 0 Å². The third-order valence-corrected chi connectivity index (χ3v) is 3.64. The Balaban J connectivity index is 0.00000484. The van der Waals surface area contributed by atoms with Crippen molar-refractivity contribution in [2.24, 2.45) is 11.7 Å². The lowest BCUT2D eigenvalue weighted by molar-refractivity contribution is 0.0748. The van der Waals surface area contributed by atoms with Crippen LogP contribution < -0.4 is 15.2 Å². The van der Waals surface area contributed by atoms with E-state index in [-0.39, 0.29) is 24.4 Å². The molecule has 2 N–H and O–H groups in total. The van der Waals surface area contributed by atoms with E-state index in [0.717, 1.165) is 0 Å². The maximum atomic E-state index is 12.5. The van der Waals surface area contributed by atoms with Crippen molar-refractivity contribution >= 4 is 29.9 Å². The molecule has 1 rings (SSSR count). The van der Waals surface area contributed by atoms with Gasteiger partial charge in [-0.2, -0.15) is 0 Å². The van der Waals surface area contributed by atoms with Crippen LogP contribution in [0.25, 0.3) is 0 Å². The molecule has 1 aromatic carbocycles. The van der Waals surface area contributed by atoms with Crippen molar-refractivity contribution in [3.63, 3.8) is 0 Å². The van der Waals surface area contributed by atoms with Gasteiger partial charge in [-0.15, -0.1) is 12.4 Å². The van der Waals surface area contributed by atoms with Crippen LogP contribution >= 0.6 is 24.0 Å². The lowest BCUT2D eigenvalue weighted by Crippen LogP contribution is -2.39. The van der Waals surface area contributed by atoms with Crippen LogP contribution in [0.5, 0.6) is 11.5 Å². The van der Waals surface area contributed by atoms with E-state index >= 15 is 0 Å². The largest absolute Gasteiger partial charge is 0.493 e. The molecule has 0 fully saturated rings. The molecule has 23 heavy (non-hydrogen) atoms. The third-order valence-electron chi connectivity index (χ3n) is 3.36. The van der Waals surface area contributed by atoms with E-state index in [1.807, 2.05) is 20.8 Å². The van der Waals surface area contributed by atoms with Gasteiger partial charge in [-0.1, -0.05) is 25.4 Å². The summed E-state index contributed by atoms with van der Waals surface area (Å²) >= 11 is 6.26. The van der Waals surface area contributed by atoms with E-state index < -0.39 is 0 Å². The fourth-order valence-electron chi connectivity index (χ4n) is 1.80. The van der Waals surface area contributed by atoms with E-state index in [9.17, 15) is 4.79 Å². The summed E-state index contributed by atoms with van der Waals surface area (Å²) in [7, 11) is 3.23. The number of hydrogen-bond donors (Lipinski definition) is 1. The number of ether oxygens (including phenoxy) is 2. The standard InChI is InChI=1S/C16H25ClN2O3.ClH/c1-10(2)9-22-15-13(17)6-12(7-14(15)21-5)16(20)19(4)11(3)8-18;/h6-7,10-11H,8-9,18H2,1-5H3;1H. The van der Waals surface area contributed by atoms with E-state index in [4.69, 9.17) is 26.8 Å². The molecular weight excluding hydrogens is 339 g/mol. The Kier molecular flexibility index (Phi) is 9.35. The molecule has 0 heterocycles. The normalized spacial score (nSPS) is 11.7. The molecule has 0 spiro atoms. The molecule has 1 atom stereocenters. The zero-order valence-electron chi connectivity index (χ0n) is 14.3. The number of benzene rings is 1. The van der Waals surface area contributed by atoms with Gasteiger partial charge in [0.2, 0.25) is 0 Å². The molecule has 0 aliphatic carbocycles. The van der Waals surface area contributed by atoms with Crippen molar-refractivity contribution in [2.75, 3.05) is 27.3 Å². The molecule has 0 radical (unpaired) electrons. The highest BCUT2D eigenvalue weighted by molar-refractivity contribution is 6.32. The molecule has 1 unspecified atom stereocenters. The molecule has 1 aromatic rings. The van der Waals surface area contributed by atoms with Gasteiger partial charge >= 0.3 is 0 Å². The second-order valence-electron chi connectivity index (χ2n) is 5.70. The van der Waals surface area contributed by atoms with Gasteiger partial charge in [-0.05, 0) is 25.0 Å². The number of halogens is 2. The molecule has 0 saturated heterocycles. The van der Waals surface area contributed by atoms with Crippen LogP contribution in [0.3, 0.4) is 0 Å². The fourth-order valence-corrected chi connectivity index (χ4v) is 2.06. The highest BCUT2D eigenvalue weighted by Crippen LogP contribution is 2.37. The number of carbonyl (C=O) groups excluding carboxylic acids is 1. The van der Waals surface area contributed by atoms with Crippen LogP contribution in [-0.2, 0) is 0 Å². The maximum absolute atomic E-state index is 12.5. The average Bonchev–Trinajstić information content (AvgIpc) is 2.50. The Morgan fingerprint density at radius 1 is 1.35 bits per heavy atom. The number of nitrogens with zero attached hydrogens (tertiary/aromatic N) is 1. The van der Waals surface area contributed by atoms with Crippen molar-refractivity contribution in [1.29, 1.82) is 0 Å². The maximum Gasteiger partial charge on any atom is 0.254 e. The van der Waals surface area contributed by atoms with Gasteiger partial charge in [-0.3, -0.25) is 4.79 Å². The average molecular weight is 365 g/mol. The number of amides is 1. The predicted octanol–water partition coefficient (Wildman–Crippen LogP) is 3.22. The highest BCUT2D eigenvalue weighted by Gasteiger charge is 2.20. The minimum absolute atomic E-state index is 0. The zero-order valence-corrected chi connectivity index (χ0v) is 15.8. The Morgan fingerprint density at radius 3 is 2.43 bits per heavy atom. The van der Waals surface area contributed by atoms with Crippen LogP contribution in [0, 0.1) is 5.92 Å². The van der Waals surface area contributed by atoms with Gasteiger partial charge in [0.05, 0.1) is 18.7 Å². The van der Waals surface area contributed by atoms with Crippen LogP contribution in [0.15, 0.2) is 12.1 Å². The molecule has 0 aliphatic rings. The first-order chi connectivity index (χ1) is 10.3. The highest BCUT2D eigenvalue weighted by atomic mass is 35.5. The number of methoxy groups -OCH3 is 1. The Labute approximate surface area is 149 Å². The summed E-state index contributed by atoms with van der Waals surface area (Å²) < 4.78 is 11.0. The molecule has 7 heteroatoms. The van der Waals surface area contributed by atoms with Crippen molar-refractivity contribution in [3.8, 4) is 11.5 Å². The van der Waals surface area contributed by atoms with Crippen LogP contribution in [-0.4, -0.2) is 44.2 Å². The number of rotatable bonds is 7. The number of hydrogen-bond acceptors (Lipinski definition) is 4. The molecule has 5 nitrogen and oxygen atoms in total. The summed E-state index contributed by atoms with van der Waals surface area (Å²) in [4.78, 5) is 14.0. The number of likely N-dealkylation sites (N-methyl/N-ethyl adjacent to an activating group) is 1. The third kappa shape index (κ3) is 5.75. The first kappa shape index (κ1) is 21.8. The van der Waals surface area contributed by atoms with Crippen LogP contribution in [0.1, 0.15) is 31.1 Å².